The molecule has 0 aromatic heterocycles. The smallest absolute Gasteiger partial charge is 0.312 e. The lowest BCUT2D eigenvalue weighted by Crippen LogP contribution is -2.37. The van der Waals surface area contributed by atoms with Gasteiger partial charge in [0.05, 0.1) is 0 Å². The molecule has 0 fully saturated rings. The Bertz CT molecular complexity index is 395. The van der Waals surface area contributed by atoms with Crippen molar-refractivity contribution in [3.63, 3.8) is 0 Å². The van der Waals surface area contributed by atoms with Crippen LogP contribution in [0.25, 0.3) is 0 Å². The number of hydrogen-bond acceptors (Lipinski definition) is 2. The van der Waals surface area contributed by atoms with Gasteiger partial charge in [-0.15, -0.1) is 0 Å². The summed E-state index contributed by atoms with van der Waals surface area (Å²) in [6, 6.07) is 6.66. The summed E-state index contributed by atoms with van der Waals surface area (Å²) < 4.78 is 1.00. The maximum absolute atomic E-state index is 11.6. The molecule has 0 unspecified atom stereocenters. The number of carbonyl (C=O) groups is 2. The van der Waals surface area contributed by atoms with E-state index in [9.17, 15) is 9.59 Å². The highest BCUT2D eigenvalue weighted by Crippen LogP contribution is 2.07. The number of nitrogens with two attached hydrogens (primary N) is 1. The molecule has 0 aliphatic heterocycles. The van der Waals surface area contributed by atoms with Crippen LogP contribution in [0.5, 0.6) is 0 Å². The lowest BCUT2D eigenvalue weighted by Gasteiger charge is -2.05. The van der Waals surface area contributed by atoms with Crippen LogP contribution in [-0.4, -0.2) is 25.0 Å². The van der Waals surface area contributed by atoms with Gasteiger partial charge in [-0.25, -0.2) is 4.79 Å². The molecule has 0 saturated heterocycles. The van der Waals surface area contributed by atoms with Crippen molar-refractivity contribution in [2.75, 3.05) is 13.1 Å². The molecule has 1 aromatic rings. The minimum absolute atomic E-state index is 0.162. The van der Waals surface area contributed by atoms with E-state index in [1.54, 1.807) is 12.1 Å². The lowest BCUT2D eigenvalue weighted by molar-refractivity contribution is 0.0954. The number of urea groups is 1. The summed E-state index contributed by atoms with van der Waals surface area (Å²) in [6.07, 6.45) is 0. The zero-order valence-electron chi connectivity index (χ0n) is 8.50. The van der Waals surface area contributed by atoms with Crippen LogP contribution in [0.15, 0.2) is 24.3 Å². The summed E-state index contributed by atoms with van der Waals surface area (Å²) in [5, 5.41) is 5.06. The summed E-state index contributed by atoms with van der Waals surface area (Å²) >= 11 is 2.14. The Morgan fingerprint density at radius 1 is 1.25 bits per heavy atom. The van der Waals surface area contributed by atoms with Gasteiger partial charge in [0.1, 0.15) is 0 Å². The number of halogens is 1. The molecule has 3 amide bonds. The first-order valence-electron chi connectivity index (χ1n) is 4.66. The van der Waals surface area contributed by atoms with E-state index in [2.05, 4.69) is 33.2 Å². The molecule has 0 radical (unpaired) electrons. The number of amides is 3. The zero-order chi connectivity index (χ0) is 12.0. The topological polar surface area (TPSA) is 84.2 Å². The minimum atomic E-state index is -0.594. The van der Waals surface area contributed by atoms with Crippen molar-refractivity contribution in [3.05, 3.63) is 33.4 Å². The third-order valence-corrected chi connectivity index (χ3v) is 2.47. The van der Waals surface area contributed by atoms with Gasteiger partial charge in [0.2, 0.25) is 0 Å². The molecule has 0 aliphatic carbocycles. The quantitative estimate of drug-likeness (QED) is 0.560. The average Bonchev–Trinajstić information content (AvgIpc) is 2.24. The predicted molar refractivity (Wildman–Crippen MR) is 69.1 cm³/mol. The Morgan fingerprint density at radius 3 is 2.56 bits per heavy atom. The molecule has 0 atom stereocenters. The van der Waals surface area contributed by atoms with Gasteiger partial charge in [0.15, 0.2) is 0 Å². The van der Waals surface area contributed by atoms with Crippen LogP contribution in [0.3, 0.4) is 0 Å². The summed E-state index contributed by atoms with van der Waals surface area (Å²) in [6.45, 7) is 0.679. The number of carbonyl (C=O) groups excluding carboxylic acids is 2. The highest BCUT2D eigenvalue weighted by Gasteiger charge is 2.04. The first-order chi connectivity index (χ1) is 7.59. The maximum atomic E-state index is 11.6. The van der Waals surface area contributed by atoms with Crippen molar-refractivity contribution in [3.8, 4) is 0 Å². The molecule has 0 spiro atoms. The normalized spacial score (nSPS) is 9.56. The van der Waals surface area contributed by atoms with Gasteiger partial charge in [-0.2, -0.15) is 0 Å². The molecular formula is C10H12IN3O2. The third kappa shape index (κ3) is 4.47. The number of hydrogen-bond donors (Lipinski definition) is 3. The Morgan fingerprint density at radius 2 is 1.94 bits per heavy atom. The van der Waals surface area contributed by atoms with E-state index in [1.165, 1.54) is 0 Å². The fourth-order valence-corrected chi connectivity index (χ4v) is 1.64. The third-order valence-electron chi connectivity index (χ3n) is 1.80. The second-order valence-electron chi connectivity index (χ2n) is 3.06. The van der Waals surface area contributed by atoms with Gasteiger partial charge >= 0.3 is 6.03 Å². The van der Waals surface area contributed by atoms with Crippen LogP contribution in [0.2, 0.25) is 0 Å². The highest BCUT2D eigenvalue weighted by molar-refractivity contribution is 14.1. The van der Waals surface area contributed by atoms with Gasteiger partial charge in [0.25, 0.3) is 5.91 Å². The Kier molecular flexibility index (Phi) is 5.03. The van der Waals surface area contributed by atoms with Crippen LogP contribution < -0.4 is 16.4 Å². The summed E-state index contributed by atoms with van der Waals surface area (Å²) in [5.74, 6) is -0.162. The van der Waals surface area contributed by atoms with Gasteiger partial charge < -0.3 is 16.4 Å². The van der Waals surface area contributed by atoms with Crippen molar-refractivity contribution in [1.29, 1.82) is 0 Å². The zero-order valence-corrected chi connectivity index (χ0v) is 10.7. The number of benzene rings is 1. The molecule has 1 rings (SSSR count). The van der Waals surface area contributed by atoms with Crippen LogP contribution in [-0.2, 0) is 0 Å². The second-order valence-corrected chi connectivity index (χ2v) is 4.30. The first kappa shape index (κ1) is 12.8. The minimum Gasteiger partial charge on any atom is -0.352 e. The molecule has 0 bridgehead atoms. The van der Waals surface area contributed by atoms with Crippen molar-refractivity contribution < 1.29 is 9.59 Å². The van der Waals surface area contributed by atoms with Gasteiger partial charge in [-0.05, 0) is 40.8 Å². The van der Waals surface area contributed by atoms with E-state index >= 15 is 0 Å². The molecule has 0 heterocycles. The Balaban J connectivity index is 2.38. The van der Waals surface area contributed by atoms with E-state index < -0.39 is 6.03 Å². The summed E-state index contributed by atoms with van der Waals surface area (Å²) in [7, 11) is 0. The van der Waals surface area contributed by atoms with Gasteiger partial charge in [0, 0.05) is 22.2 Å². The van der Waals surface area contributed by atoms with E-state index in [0.717, 1.165) is 3.57 Å². The number of nitrogens with one attached hydrogen (secondary N) is 2. The van der Waals surface area contributed by atoms with E-state index in [4.69, 9.17) is 5.73 Å². The molecule has 1 aromatic carbocycles. The largest absolute Gasteiger partial charge is 0.352 e. The average molecular weight is 333 g/mol. The van der Waals surface area contributed by atoms with Crippen LogP contribution in [0.1, 0.15) is 10.4 Å². The van der Waals surface area contributed by atoms with Crippen molar-refractivity contribution in [2.24, 2.45) is 5.73 Å². The van der Waals surface area contributed by atoms with Crippen LogP contribution >= 0.6 is 22.6 Å². The van der Waals surface area contributed by atoms with Crippen molar-refractivity contribution in [2.45, 2.75) is 0 Å². The molecule has 16 heavy (non-hydrogen) atoms. The SMILES string of the molecule is NC(=O)NCCNC(=O)c1cccc(I)c1. The highest BCUT2D eigenvalue weighted by atomic mass is 127. The molecule has 6 heteroatoms. The summed E-state index contributed by atoms with van der Waals surface area (Å²) in [5.41, 5.74) is 5.48. The Hall–Kier alpha value is -1.31. The second kappa shape index (κ2) is 6.31. The monoisotopic (exact) mass is 333 g/mol. The van der Waals surface area contributed by atoms with Crippen molar-refractivity contribution >= 4 is 34.5 Å². The molecule has 5 nitrogen and oxygen atoms in total. The lowest BCUT2D eigenvalue weighted by atomic mass is 10.2. The predicted octanol–water partition coefficient (Wildman–Crippen LogP) is 0.689. The Labute approximate surface area is 107 Å². The molecule has 0 saturated carbocycles. The van der Waals surface area contributed by atoms with E-state index in [0.29, 0.717) is 18.7 Å². The van der Waals surface area contributed by atoms with Gasteiger partial charge in [-0.3, -0.25) is 4.79 Å². The van der Waals surface area contributed by atoms with E-state index in [-0.39, 0.29) is 5.91 Å². The van der Waals surface area contributed by atoms with Gasteiger partial charge in [-0.1, -0.05) is 6.07 Å². The molecule has 0 aliphatic rings. The molecule has 86 valence electrons. The number of rotatable bonds is 4. The van der Waals surface area contributed by atoms with E-state index in [1.807, 2.05) is 12.1 Å². The van der Waals surface area contributed by atoms with Crippen LogP contribution in [0.4, 0.5) is 4.79 Å². The number of primary amides is 1. The molecular weight excluding hydrogens is 321 g/mol. The fraction of sp³-hybridized carbons (Fsp3) is 0.200. The van der Waals surface area contributed by atoms with Crippen molar-refractivity contribution in [1.82, 2.24) is 10.6 Å². The maximum Gasteiger partial charge on any atom is 0.312 e. The first-order valence-corrected chi connectivity index (χ1v) is 5.74. The fourth-order valence-electron chi connectivity index (χ4n) is 1.09. The standard InChI is InChI=1S/C10H12IN3O2/c11-8-3-1-2-7(6-8)9(15)13-4-5-14-10(12)16/h1-3,6H,4-5H2,(H,13,15)(H3,12,14,16). The molecule has 4 N–H and O–H groups in total. The van der Waals surface area contributed by atoms with Crippen LogP contribution in [0, 0.1) is 3.57 Å². The summed E-state index contributed by atoms with van der Waals surface area (Å²) in [4.78, 5) is 21.9.